The minimum absolute atomic E-state index is 0.162. The van der Waals surface area contributed by atoms with Gasteiger partial charge in [-0.2, -0.15) is 5.26 Å². The van der Waals surface area contributed by atoms with Crippen molar-refractivity contribution in [2.45, 2.75) is 34.1 Å². The Balaban J connectivity index is 2.21. The fourth-order valence-corrected chi connectivity index (χ4v) is 3.01. The van der Waals surface area contributed by atoms with Gasteiger partial charge in [-0.3, -0.25) is 4.79 Å². The van der Waals surface area contributed by atoms with E-state index < -0.39 is 18.5 Å². The number of aryl methyl sites for hydroxylation is 1. The van der Waals surface area contributed by atoms with Crippen molar-refractivity contribution in [1.82, 2.24) is 9.88 Å². The van der Waals surface area contributed by atoms with Gasteiger partial charge in [0.2, 0.25) is 0 Å². The molecule has 0 aliphatic rings. The Labute approximate surface area is 176 Å². The molecule has 2 rings (SSSR count). The predicted octanol–water partition coefficient (Wildman–Crippen LogP) is 3.47. The summed E-state index contributed by atoms with van der Waals surface area (Å²) >= 11 is 0. The molecule has 0 saturated heterocycles. The molecule has 1 amide bonds. The smallest absolute Gasteiger partial charge is 0.349 e. The van der Waals surface area contributed by atoms with Gasteiger partial charge in [0.1, 0.15) is 17.4 Å². The molecule has 1 N–H and O–H groups in total. The lowest BCUT2D eigenvalue weighted by Gasteiger charge is -2.11. The Morgan fingerprint density at radius 1 is 1.20 bits per heavy atom. The number of rotatable bonds is 9. The summed E-state index contributed by atoms with van der Waals surface area (Å²) in [5, 5.41) is 12.0. The van der Waals surface area contributed by atoms with Crippen molar-refractivity contribution in [2.24, 2.45) is 0 Å². The number of aromatic nitrogens is 1. The zero-order valence-electron chi connectivity index (χ0n) is 17.8. The average molecular weight is 409 g/mol. The molecular formula is C23H27N3O4. The van der Waals surface area contributed by atoms with Gasteiger partial charge >= 0.3 is 5.97 Å². The third kappa shape index (κ3) is 5.74. The van der Waals surface area contributed by atoms with Crippen LogP contribution in [0.5, 0.6) is 5.75 Å². The summed E-state index contributed by atoms with van der Waals surface area (Å²) in [5.41, 5.74) is 3.34. The molecule has 7 heteroatoms. The van der Waals surface area contributed by atoms with Crippen LogP contribution >= 0.6 is 0 Å². The van der Waals surface area contributed by atoms with Crippen LogP contribution in [0.15, 0.2) is 35.9 Å². The number of carbonyl (C=O) groups is 2. The lowest BCUT2D eigenvalue weighted by atomic mass is 10.1. The van der Waals surface area contributed by atoms with Gasteiger partial charge in [0.15, 0.2) is 6.61 Å². The Morgan fingerprint density at radius 2 is 1.90 bits per heavy atom. The Morgan fingerprint density at radius 3 is 2.50 bits per heavy atom. The van der Waals surface area contributed by atoms with E-state index in [-0.39, 0.29) is 5.57 Å². The highest BCUT2D eigenvalue weighted by atomic mass is 16.5. The maximum atomic E-state index is 12.2. The average Bonchev–Trinajstić information content (AvgIpc) is 3.02. The van der Waals surface area contributed by atoms with Crippen molar-refractivity contribution in [3.63, 3.8) is 0 Å². The van der Waals surface area contributed by atoms with E-state index >= 15 is 0 Å². The number of nitrogens with one attached hydrogen (secondary N) is 1. The number of esters is 1. The van der Waals surface area contributed by atoms with E-state index in [9.17, 15) is 14.9 Å². The van der Waals surface area contributed by atoms with Gasteiger partial charge in [-0.1, -0.05) is 6.92 Å². The summed E-state index contributed by atoms with van der Waals surface area (Å²) in [4.78, 5) is 23.8. The van der Waals surface area contributed by atoms with Crippen LogP contribution in [0, 0.1) is 25.2 Å². The molecule has 1 aromatic carbocycles. The van der Waals surface area contributed by atoms with Crippen molar-refractivity contribution in [3.05, 3.63) is 52.9 Å². The topological polar surface area (TPSA) is 93.4 Å². The van der Waals surface area contributed by atoms with Crippen LogP contribution in [0.4, 0.5) is 0 Å². The number of hydrogen-bond donors (Lipinski definition) is 1. The molecule has 30 heavy (non-hydrogen) atoms. The molecule has 1 heterocycles. The minimum atomic E-state index is -0.824. The predicted molar refractivity (Wildman–Crippen MR) is 114 cm³/mol. The van der Waals surface area contributed by atoms with Crippen LogP contribution < -0.4 is 10.1 Å². The molecule has 0 radical (unpaired) electrons. The van der Waals surface area contributed by atoms with Crippen molar-refractivity contribution < 1.29 is 19.1 Å². The fourth-order valence-electron chi connectivity index (χ4n) is 3.01. The molecule has 2 aromatic rings. The van der Waals surface area contributed by atoms with Crippen LogP contribution in [0.2, 0.25) is 0 Å². The SMILES string of the molecule is CCCNC(=O)COC(=O)/C(C#N)=C/c1cc(C)n(-c2ccc(OCC)cc2)c1C. The number of hydrogen-bond acceptors (Lipinski definition) is 5. The standard InChI is InChI=1S/C23H27N3O4/c1-5-11-25-22(27)15-30-23(28)19(14-24)13-18-12-16(3)26(17(18)4)20-7-9-21(10-8-20)29-6-2/h7-10,12-13H,5-6,11,15H2,1-4H3,(H,25,27)/b19-13+. The molecule has 0 saturated carbocycles. The molecule has 0 aliphatic carbocycles. The number of nitriles is 1. The van der Waals surface area contributed by atoms with Gasteiger partial charge in [-0.25, -0.2) is 4.79 Å². The Hall–Kier alpha value is -3.53. The van der Waals surface area contributed by atoms with Crippen molar-refractivity contribution >= 4 is 18.0 Å². The van der Waals surface area contributed by atoms with Crippen LogP contribution in [0.25, 0.3) is 11.8 Å². The molecule has 0 fully saturated rings. The van der Waals surface area contributed by atoms with E-state index in [4.69, 9.17) is 9.47 Å². The van der Waals surface area contributed by atoms with Gasteiger partial charge in [-0.15, -0.1) is 0 Å². The number of benzene rings is 1. The molecule has 7 nitrogen and oxygen atoms in total. The highest BCUT2D eigenvalue weighted by Gasteiger charge is 2.16. The normalized spacial score (nSPS) is 11.0. The molecule has 1 aromatic heterocycles. The van der Waals surface area contributed by atoms with Crippen molar-refractivity contribution in [1.29, 1.82) is 5.26 Å². The summed E-state index contributed by atoms with van der Waals surface area (Å²) in [6.45, 7) is 8.41. The fraction of sp³-hybridized carbons (Fsp3) is 0.348. The number of amides is 1. The van der Waals surface area contributed by atoms with E-state index in [1.165, 1.54) is 6.08 Å². The van der Waals surface area contributed by atoms with Crippen LogP contribution in [-0.4, -0.2) is 36.2 Å². The highest BCUT2D eigenvalue weighted by Crippen LogP contribution is 2.24. The second-order valence-corrected chi connectivity index (χ2v) is 6.68. The van der Waals surface area contributed by atoms with Crippen LogP contribution in [0.3, 0.4) is 0 Å². The zero-order chi connectivity index (χ0) is 22.1. The summed E-state index contributed by atoms with van der Waals surface area (Å²) < 4.78 is 12.5. The lowest BCUT2D eigenvalue weighted by Crippen LogP contribution is -2.29. The first-order valence-corrected chi connectivity index (χ1v) is 9.89. The van der Waals surface area contributed by atoms with E-state index in [0.29, 0.717) is 13.2 Å². The number of carbonyl (C=O) groups excluding carboxylic acids is 2. The molecule has 0 aliphatic heterocycles. The van der Waals surface area contributed by atoms with E-state index in [1.54, 1.807) is 0 Å². The maximum Gasteiger partial charge on any atom is 0.349 e. The zero-order valence-corrected chi connectivity index (χ0v) is 17.8. The van der Waals surface area contributed by atoms with Gasteiger partial charge < -0.3 is 19.4 Å². The maximum absolute atomic E-state index is 12.2. The summed E-state index contributed by atoms with van der Waals surface area (Å²) in [6, 6.07) is 11.5. The van der Waals surface area contributed by atoms with Crippen LogP contribution in [-0.2, 0) is 14.3 Å². The molecule has 0 bridgehead atoms. The third-order valence-corrected chi connectivity index (χ3v) is 4.42. The van der Waals surface area contributed by atoms with E-state index in [0.717, 1.165) is 34.8 Å². The third-order valence-electron chi connectivity index (χ3n) is 4.42. The lowest BCUT2D eigenvalue weighted by molar-refractivity contribution is -0.144. The number of nitrogens with zero attached hydrogens (tertiary/aromatic N) is 2. The minimum Gasteiger partial charge on any atom is -0.494 e. The quantitative estimate of drug-likeness (QED) is 0.389. The molecule has 0 atom stereocenters. The second-order valence-electron chi connectivity index (χ2n) is 6.68. The Kier molecular flexibility index (Phi) is 8.24. The molecular weight excluding hydrogens is 382 g/mol. The first-order valence-electron chi connectivity index (χ1n) is 9.89. The van der Waals surface area contributed by atoms with Gasteiger partial charge in [0.05, 0.1) is 6.61 Å². The highest BCUT2D eigenvalue weighted by molar-refractivity contribution is 5.99. The summed E-state index contributed by atoms with van der Waals surface area (Å²) in [5.74, 6) is -0.424. The number of ether oxygens (including phenoxy) is 2. The van der Waals surface area contributed by atoms with Gasteiger partial charge in [0, 0.05) is 23.6 Å². The molecule has 158 valence electrons. The van der Waals surface area contributed by atoms with Gasteiger partial charge in [-0.05, 0) is 69.2 Å². The second kappa shape index (κ2) is 10.9. The van der Waals surface area contributed by atoms with Crippen molar-refractivity contribution in [2.75, 3.05) is 19.8 Å². The first kappa shape index (κ1) is 22.8. The summed E-state index contributed by atoms with van der Waals surface area (Å²) in [7, 11) is 0. The van der Waals surface area contributed by atoms with Gasteiger partial charge in [0.25, 0.3) is 5.91 Å². The largest absolute Gasteiger partial charge is 0.494 e. The first-order chi connectivity index (χ1) is 14.4. The molecule has 0 spiro atoms. The van der Waals surface area contributed by atoms with E-state index in [1.807, 2.05) is 68.7 Å². The monoisotopic (exact) mass is 409 g/mol. The Bertz CT molecular complexity index is 966. The van der Waals surface area contributed by atoms with Crippen molar-refractivity contribution in [3.8, 4) is 17.5 Å². The van der Waals surface area contributed by atoms with Crippen LogP contribution in [0.1, 0.15) is 37.2 Å². The molecule has 0 unspecified atom stereocenters. The summed E-state index contributed by atoms with van der Waals surface area (Å²) in [6.07, 6.45) is 2.27. The van der Waals surface area contributed by atoms with E-state index in [2.05, 4.69) is 5.32 Å².